The summed E-state index contributed by atoms with van der Waals surface area (Å²) >= 11 is 5.91. The number of H-pyrrole nitrogens is 1. The van der Waals surface area contributed by atoms with E-state index in [1.807, 2.05) is 29.2 Å². The van der Waals surface area contributed by atoms with Crippen LogP contribution < -0.4 is 5.32 Å². The smallest absolute Gasteiger partial charge is 0.234 e. The maximum atomic E-state index is 12.1. The Morgan fingerprint density at radius 3 is 2.96 bits per heavy atom. The first-order valence-corrected chi connectivity index (χ1v) is 8.45. The van der Waals surface area contributed by atoms with Crippen LogP contribution in [-0.2, 0) is 11.3 Å². The van der Waals surface area contributed by atoms with E-state index < -0.39 is 0 Å². The number of amides is 1. The number of aliphatic hydroxyl groups excluding tert-OH is 1. The molecule has 1 saturated heterocycles. The molecule has 1 fully saturated rings. The number of piperidine rings is 1. The third-order valence-electron chi connectivity index (χ3n) is 4.17. The van der Waals surface area contributed by atoms with Crippen LogP contribution in [0.25, 0.3) is 11.3 Å². The van der Waals surface area contributed by atoms with Gasteiger partial charge in [0.15, 0.2) is 0 Å². The minimum atomic E-state index is -0.322. The molecule has 0 unspecified atom stereocenters. The number of halogens is 1. The van der Waals surface area contributed by atoms with Crippen LogP contribution in [0.4, 0.5) is 0 Å². The van der Waals surface area contributed by atoms with Crippen molar-refractivity contribution >= 4 is 17.5 Å². The molecule has 2 heterocycles. The highest BCUT2D eigenvalue weighted by molar-refractivity contribution is 6.30. The normalized spacial score (nSPS) is 18.5. The molecule has 1 aliphatic rings. The van der Waals surface area contributed by atoms with Crippen molar-refractivity contribution in [3.63, 3.8) is 0 Å². The summed E-state index contributed by atoms with van der Waals surface area (Å²) < 4.78 is 0. The number of nitrogens with one attached hydrogen (secondary N) is 2. The van der Waals surface area contributed by atoms with Crippen LogP contribution in [0.1, 0.15) is 18.4 Å². The lowest BCUT2D eigenvalue weighted by Crippen LogP contribution is -2.44. The maximum absolute atomic E-state index is 12.1. The molecule has 128 valence electrons. The van der Waals surface area contributed by atoms with Crippen LogP contribution in [0.2, 0.25) is 5.02 Å². The molecule has 24 heavy (non-hydrogen) atoms. The van der Waals surface area contributed by atoms with Crippen molar-refractivity contribution in [1.82, 2.24) is 20.4 Å². The summed E-state index contributed by atoms with van der Waals surface area (Å²) in [4.78, 5) is 14.1. The standard InChI is InChI=1S/C17H21ClN4O2/c18-14-5-3-12(4-6-14)17-13(9-20-21-17)8-19-16(24)11-22-7-1-2-15(23)10-22/h3-6,9,15,23H,1-2,7-8,10-11H2,(H,19,24)(H,20,21)/t15-/m1/s1. The molecule has 1 atom stereocenters. The number of hydrogen-bond acceptors (Lipinski definition) is 4. The molecule has 1 aromatic heterocycles. The van der Waals surface area contributed by atoms with E-state index >= 15 is 0 Å². The van der Waals surface area contributed by atoms with Crippen LogP contribution in [0.15, 0.2) is 30.5 Å². The number of hydrogen-bond donors (Lipinski definition) is 3. The molecule has 3 rings (SSSR count). The van der Waals surface area contributed by atoms with Crippen molar-refractivity contribution in [2.24, 2.45) is 0 Å². The topological polar surface area (TPSA) is 81.2 Å². The Balaban J connectivity index is 1.56. The predicted molar refractivity (Wildman–Crippen MR) is 92.6 cm³/mol. The average Bonchev–Trinajstić information content (AvgIpc) is 3.02. The van der Waals surface area contributed by atoms with Crippen molar-refractivity contribution in [1.29, 1.82) is 0 Å². The number of aliphatic hydroxyl groups is 1. The quantitative estimate of drug-likeness (QED) is 0.769. The van der Waals surface area contributed by atoms with Gasteiger partial charge in [0.05, 0.1) is 24.5 Å². The fourth-order valence-corrected chi connectivity index (χ4v) is 3.07. The van der Waals surface area contributed by atoms with Crippen molar-refractivity contribution in [2.45, 2.75) is 25.5 Å². The number of nitrogens with zero attached hydrogens (tertiary/aromatic N) is 2. The molecule has 1 amide bonds. The maximum Gasteiger partial charge on any atom is 0.234 e. The van der Waals surface area contributed by atoms with Crippen LogP contribution in [0.3, 0.4) is 0 Å². The number of rotatable bonds is 5. The lowest BCUT2D eigenvalue weighted by molar-refractivity contribution is -0.123. The van der Waals surface area contributed by atoms with Crippen LogP contribution in [0, 0.1) is 0 Å². The molecule has 0 bridgehead atoms. The number of benzene rings is 1. The Morgan fingerprint density at radius 2 is 2.21 bits per heavy atom. The second-order valence-corrected chi connectivity index (χ2v) is 6.52. The van der Waals surface area contributed by atoms with Gasteiger partial charge in [0.2, 0.25) is 5.91 Å². The number of carbonyl (C=O) groups excluding carboxylic acids is 1. The largest absolute Gasteiger partial charge is 0.392 e. The number of carbonyl (C=O) groups is 1. The van der Waals surface area contributed by atoms with Gasteiger partial charge in [-0.2, -0.15) is 5.10 Å². The van der Waals surface area contributed by atoms with Gasteiger partial charge in [-0.15, -0.1) is 0 Å². The fourth-order valence-electron chi connectivity index (χ4n) is 2.94. The van der Waals surface area contributed by atoms with Gasteiger partial charge in [0, 0.05) is 23.7 Å². The lowest BCUT2D eigenvalue weighted by Gasteiger charge is -2.29. The lowest BCUT2D eigenvalue weighted by atomic mass is 10.1. The number of likely N-dealkylation sites (tertiary alicyclic amines) is 1. The molecule has 6 nitrogen and oxygen atoms in total. The second kappa shape index (κ2) is 7.79. The van der Waals surface area contributed by atoms with Crippen LogP contribution in [-0.4, -0.2) is 51.8 Å². The summed E-state index contributed by atoms with van der Waals surface area (Å²) in [5.74, 6) is -0.0487. The summed E-state index contributed by atoms with van der Waals surface area (Å²) in [6.07, 6.45) is 3.14. The Morgan fingerprint density at radius 1 is 1.42 bits per heavy atom. The zero-order chi connectivity index (χ0) is 16.9. The molecule has 2 aromatic rings. The summed E-state index contributed by atoms with van der Waals surface area (Å²) in [5, 5.41) is 20.3. The number of aromatic nitrogens is 2. The number of aromatic amines is 1. The molecule has 1 aromatic carbocycles. The van der Waals surface area contributed by atoms with E-state index in [0.29, 0.717) is 24.7 Å². The van der Waals surface area contributed by atoms with Gasteiger partial charge >= 0.3 is 0 Å². The zero-order valence-electron chi connectivity index (χ0n) is 13.3. The third-order valence-corrected chi connectivity index (χ3v) is 4.43. The van der Waals surface area contributed by atoms with Gasteiger partial charge in [-0.1, -0.05) is 23.7 Å². The van der Waals surface area contributed by atoms with E-state index in [2.05, 4.69) is 15.5 Å². The Hall–Kier alpha value is -1.89. The fraction of sp³-hybridized carbons (Fsp3) is 0.412. The molecule has 0 aliphatic carbocycles. The van der Waals surface area contributed by atoms with E-state index in [1.54, 1.807) is 6.20 Å². The predicted octanol–water partition coefficient (Wildman–Crippen LogP) is 1.80. The molecule has 7 heteroatoms. The number of β-amino-alcohol motifs (C(OH)–C–C–N with tert-alkyl or cyclic N) is 1. The van der Waals surface area contributed by atoms with Crippen LogP contribution >= 0.6 is 11.6 Å². The van der Waals surface area contributed by atoms with E-state index in [4.69, 9.17) is 11.6 Å². The minimum absolute atomic E-state index is 0.0487. The van der Waals surface area contributed by atoms with E-state index in [1.165, 1.54) is 0 Å². The summed E-state index contributed by atoms with van der Waals surface area (Å²) in [6.45, 7) is 2.14. The summed E-state index contributed by atoms with van der Waals surface area (Å²) in [7, 11) is 0. The van der Waals surface area contributed by atoms with Gasteiger partial charge in [-0.25, -0.2) is 0 Å². The van der Waals surface area contributed by atoms with E-state index in [0.717, 1.165) is 36.2 Å². The first-order valence-electron chi connectivity index (χ1n) is 8.07. The first kappa shape index (κ1) is 17.0. The highest BCUT2D eigenvalue weighted by Gasteiger charge is 2.19. The van der Waals surface area contributed by atoms with Gasteiger partial charge < -0.3 is 10.4 Å². The van der Waals surface area contributed by atoms with E-state index in [-0.39, 0.29) is 12.0 Å². The highest BCUT2D eigenvalue weighted by Crippen LogP contribution is 2.22. The summed E-state index contributed by atoms with van der Waals surface area (Å²) in [6, 6.07) is 7.47. The highest BCUT2D eigenvalue weighted by atomic mass is 35.5. The van der Waals surface area contributed by atoms with Gasteiger partial charge in [0.25, 0.3) is 0 Å². The molecule has 3 N–H and O–H groups in total. The van der Waals surface area contributed by atoms with Gasteiger partial charge in [-0.05, 0) is 37.1 Å². The average molecular weight is 349 g/mol. The van der Waals surface area contributed by atoms with Gasteiger partial charge in [0.1, 0.15) is 0 Å². The monoisotopic (exact) mass is 348 g/mol. The molecule has 0 saturated carbocycles. The minimum Gasteiger partial charge on any atom is -0.392 e. The van der Waals surface area contributed by atoms with Crippen molar-refractivity contribution in [3.05, 3.63) is 41.0 Å². The third kappa shape index (κ3) is 4.35. The Bertz CT molecular complexity index is 686. The Kier molecular flexibility index (Phi) is 5.50. The summed E-state index contributed by atoms with van der Waals surface area (Å²) in [5.41, 5.74) is 2.77. The first-order chi connectivity index (χ1) is 11.6. The zero-order valence-corrected chi connectivity index (χ0v) is 14.1. The molecule has 1 aliphatic heterocycles. The van der Waals surface area contributed by atoms with Crippen molar-refractivity contribution in [2.75, 3.05) is 19.6 Å². The van der Waals surface area contributed by atoms with Crippen molar-refractivity contribution < 1.29 is 9.90 Å². The van der Waals surface area contributed by atoms with Crippen LogP contribution in [0.5, 0.6) is 0 Å². The molecule has 0 radical (unpaired) electrons. The molecular weight excluding hydrogens is 328 g/mol. The van der Waals surface area contributed by atoms with Crippen molar-refractivity contribution in [3.8, 4) is 11.3 Å². The van der Waals surface area contributed by atoms with E-state index in [9.17, 15) is 9.90 Å². The van der Waals surface area contributed by atoms with Gasteiger partial charge in [-0.3, -0.25) is 14.8 Å². The Labute approximate surface area is 145 Å². The molecule has 0 spiro atoms. The SMILES string of the molecule is O=C(CN1CCC[C@@H](O)C1)NCc1cn[nH]c1-c1ccc(Cl)cc1. The second-order valence-electron chi connectivity index (χ2n) is 6.09. The molecular formula is C17H21ClN4O2.